The van der Waals surface area contributed by atoms with Crippen LogP contribution in [0.15, 0.2) is 40.6 Å². The number of ether oxygens (including phenoxy) is 1. The van der Waals surface area contributed by atoms with Crippen LogP contribution in [0.25, 0.3) is 6.08 Å². The Morgan fingerprint density at radius 3 is 2.86 bits per heavy atom. The van der Waals surface area contributed by atoms with Crippen LogP contribution < -0.4 is 15.5 Å². The molecule has 0 spiro atoms. The minimum atomic E-state index is 0.694. The molecule has 2 heterocycles. The van der Waals surface area contributed by atoms with Gasteiger partial charge < -0.3 is 20.4 Å². The molecule has 1 aromatic carbocycles. The maximum atomic E-state index is 5.78. The lowest BCUT2D eigenvalue weighted by atomic mass is 10.0. The van der Waals surface area contributed by atoms with E-state index in [9.17, 15) is 0 Å². The van der Waals surface area contributed by atoms with Crippen molar-refractivity contribution < 1.29 is 4.74 Å². The minimum absolute atomic E-state index is 0.694. The third-order valence-electron chi connectivity index (χ3n) is 3.79. The summed E-state index contributed by atoms with van der Waals surface area (Å²) >= 11 is 0. The molecule has 0 amide bonds. The molecule has 0 saturated carbocycles. The first-order chi connectivity index (χ1) is 10.6. The van der Waals surface area contributed by atoms with E-state index in [2.05, 4.69) is 45.0 Å². The molecule has 5 nitrogen and oxygen atoms in total. The fraction of sp³-hybridized carbons (Fsp3) is 0.353. The monoisotopic (exact) mass is 298 g/mol. The molecule has 0 aromatic heterocycles. The van der Waals surface area contributed by atoms with E-state index in [4.69, 9.17) is 4.74 Å². The van der Waals surface area contributed by atoms with Crippen molar-refractivity contribution in [3.05, 3.63) is 41.1 Å². The highest BCUT2D eigenvalue weighted by atomic mass is 16.5. The molecule has 0 aliphatic carbocycles. The van der Waals surface area contributed by atoms with E-state index in [1.165, 1.54) is 5.57 Å². The second kappa shape index (κ2) is 6.23. The largest absolute Gasteiger partial charge is 0.492 e. The Bertz CT molecular complexity index is 659. The SMILES string of the molecule is CC1=NNCC1=C1C=Cc2cc(OCCN(C)C)ccc2N1. The van der Waals surface area contributed by atoms with Crippen molar-refractivity contribution in [2.75, 3.05) is 39.1 Å². The summed E-state index contributed by atoms with van der Waals surface area (Å²) < 4.78 is 5.78. The fourth-order valence-corrected chi connectivity index (χ4v) is 2.49. The van der Waals surface area contributed by atoms with E-state index in [0.717, 1.165) is 41.5 Å². The van der Waals surface area contributed by atoms with Crippen molar-refractivity contribution in [2.45, 2.75) is 6.92 Å². The fourth-order valence-electron chi connectivity index (χ4n) is 2.49. The molecule has 0 atom stereocenters. The van der Waals surface area contributed by atoms with Crippen LogP contribution in [-0.2, 0) is 0 Å². The van der Waals surface area contributed by atoms with Gasteiger partial charge in [-0.3, -0.25) is 0 Å². The maximum absolute atomic E-state index is 5.78. The van der Waals surface area contributed by atoms with E-state index in [1.807, 2.05) is 27.1 Å². The Labute approximate surface area is 131 Å². The van der Waals surface area contributed by atoms with Gasteiger partial charge >= 0.3 is 0 Å². The molecule has 1 aromatic rings. The summed E-state index contributed by atoms with van der Waals surface area (Å²) in [6.45, 7) is 4.40. The number of likely N-dealkylation sites (N-methyl/N-ethyl adjacent to an activating group) is 1. The summed E-state index contributed by atoms with van der Waals surface area (Å²) in [6.07, 6.45) is 4.23. The van der Waals surface area contributed by atoms with Gasteiger partial charge in [-0.2, -0.15) is 5.10 Å². The van der Waals surface area contributed by atoms with Gasteiger partial charge in [-0.15, -0.1) is 0 Å². The number of fused-ring (bicyclic) bond motifs is 1. The minimum Gasteiger partial charge on any atom is -0.492 e. The molecular formula is C17H22N4O. The summed E-state index contributed by atoms with van der Waals surface area (Å²) in [5.74, 6) is 0.906. The molecule has 5 heteroatoms. The number of rotatable bonds is 4. The van der Waals surface area contributed by atoms with Crippen LogP contribution in [0.2, 0.25) is 0 Å². The molecular weight excluding hydrogens is 276 g/mol. The number of benzene rings is 1. The zero-order valence-electron chi connectivity index (χ0n) is 13.3. The lowest BCUT2D eigenvalue weighted by molar-refractivity contribution is 0.261. The molecule has 0 fully saturated rings. The maximum Gasteiger partial charge on any atom is 0.120 e. The Morgan fingerprint density at radius 1 is 1.27 bits per heavy atom. The van der Waals surface area contributed by atoms with Crippen molar-refractivity contribution >= 4 is 17.5 Å². The third-order valence-corrected chi connectivity index (χ3v) is 3.79. The quantitative estimate of drug-likeness (QED) is 0.895. The van der Waals surface area contributed by atoms with E-state index < -0.39 is 0 Å². The predicted molar refractivity (Wildman–Crippen MR) is 91.3 cm³/mol. The molecule has 3 rings (SSSR count). The average molecular weight is 298 g/mol. The summed E-state index contributed by atoms with van der Waals surface area (Å²) in [5.41, 5.74) is 8.63. The van der Waals surface area contributed by atoms with Gasteiger partial charge in [-0.25, -0.2) is 0 Å². The van der Waals surface area contributed by atoms with E-state index in [0.29, 0.717) is 6.61 Å². The second-order valence-electron chi connectivity index (χ2n) is 5.78. The Hall–Kier alpha value is -2.27. The van der Waals surface area contributed by atoms with E-state index in [1.54, 1.807) is 0 Å². The highest BCUT2D eigenvalue weighted by Crippen LogP contribution is 2.30. The molecule has 0 radical (unpaired) electrons. The first-order valence-corrected chi connectivity index (χ1v) is 7.51. The van der Waals surface area contributed by atoms with Crippen molar-refractivity contribution in [3.63, 3.8) is 0 Å². The van der Waals surface area contributed by atoms with Crippen LogP contribution in [0.3, 0.4) is 0 Å². The topological polar surface area (TPSA) is 48.9 Å². The van der Waals surface area contributed by atoms with Crippen LogP contribution >= 0.6 is 0 Å². The number of allylic oxidation sites excluding steroid dienone is 1. The summed E-state index contributed by atoms with van der Waals surface area (Å²) in [7, 11) is 4.09. The van der Waals surface area contributed by atoms with Crippen molar-refractivity contribution in [1.82, 2.24) is 10.3 Å². The average Bonchev–Trinajstić information content (AvgIpc) is 2.92. The highest BCUT2D eigenvalue weighted by molar-refractivity contribution is 6.02. The highest BCUT2D eigenvalue weighted by Gasteiger charge is 2.16. The zero-order chi connectivity index (χ0) is 15.5. The summed E-state index contributed by atoms with van der Waals surface area (Å²) in [6, 6.07) is 6.15. The lowest BCUT2D eigenvalue weighted by Gasteiger charge is -2.19. The van der Waals surface area contributed by atoms with Gasteiger partial charge in [-0.1, -0.05) is 6.08 Å². The second-order valence-corrected chi connectivity index (χ2v) is 5.78. The number of hydrazone groups is 1. The molecule has 0 bridgehead atoms. The predicted octanol–water partition coefficient (Wildman–Crippen LogP) is 2.30. The van der Waals surface area contributed by atoms with Gasteiger partial charge in [0.15, 0.2) is 0 Å². The molecule has 2 aliphatic heterocycles. The van der Waals surface area contributed by atoms with Gasteiger partial charge in [0, 0.05) is 29.1 Å². The Balaban J connectivity index is 1.74. The van der Waals surface area contributed by atoms with Crippen molar-refractivity contribution in [3.8, 4) is 5.75 Å². The molecule has 0 unspecified atom stereocenters. The molecule has 22 heavy (non-hydrogen) atoms. The van der Waals surface area contributed by atoms with Crippen LogP contribution in [0.4, 0.5) is 5.69 Å². The number of hydrogen-bond acceptors (Lipinski definition) is 5. The smallest absolute Gasteiger partial charge is 0.120 e. The first kappa shape index (κ1) is 14.7. The molecule has 2 N–H and O–H groups in total. The molecule has 0 saturated heterocycles. The number of hydrogen-bond donors (Lipinski definition) is 2. The van der Waals surface area contributed by atoms with Gasteiger partial charge in [0.25, 0.3) is 0 Å². The number of nitrogens with zero attached hydrogens (tertiary/aromatic N) is 2. The van der Waals surface area contributed by atoms with Gasteiger partial charge in [0.1, 0.15) is 12.4 Å². The van der Waals surface area contributed by atoms with Gasteiger partial charge in [-0.05, 0) is 45.3 Å². The van der Waals surface area contributed by atoms with Gasteiger partial charge in [0.2, 0.25) is 0 Å². The lowest BCUT2D eigenvalue weighted by Crippen LogP contribution is -2.19. The Morgan fingerprint density at radius 2 is 2.14 bits per heavy atom. The zero-order valence-corrected chi connectivity index (χ0v) is 13.3. The van der Waals surface area contributed by atoms with Crippen LogP contribution in [0.1, 0.15) is 12.5 Å². The molecule has 116 valence electrons. The van der Waals surface area contributed by atoms with Crippen molar-refractivity contribution in [2.24, 2.45) is 5.10 Å². The van der Waals surface area contributed by atoms with E-state index >= 15 is 0 Å². The first-order valence-electron chi connectivity index (χ1n) is 7.51. The standard InChI is InChI=1S/C17H22N4O/c1-12-15(11-18-20-12)17-6-4-13-10-14(5-7-16(13)19-17)22-9-8-21(2)3/h4-7,10,18-19H,8-9,11H2,1-3H3. The summed E-state index contributed by atoms with van der Waals surface area (Å²) in [5, 5.41) is 7.70. The number of anilines is 1. The summed E-state index contributed by atoms with van der Waals surface area (Å²) in [4.78, 5) is 2.11. The van der Waals surface area contributed by atoms with E-state index in [-0.39, 0.29) is 0 Å². The molecule has 2 aliphatic rings. The Kier molecular flexibility index (Phi) is 4.15. The normalized spacial score (nSPS) is 19.5. The van der Waals surface area contributed by atoms with Crippen LogP contribution in [-0.4, -0.2) is 44.4 Å². The van der Waals surface area contributed by atoms with Gasteiger partial charge in [0.05, 0.1) is 12.3 Å². The third kappa shape index (κ3) is 3.14. The van der Waals surface area contributed by atoms with Crippen molar-refractivity contribution in [1.29, 1.82) is 0 Å². The van der Waals surface area contributed by atoms with Crippen LogP contribution in [0, 0.1) is 0 Å². The van der Waals surface area contributed by atoms with Crippen LogP contribution in [0.5, 0.6) is 5.75 Å². The number of nitrogens with one attached hydrogen (secondary N) is 2.